The van der Waals surface area contributed by atoms with E-state index < -0.39 is 67.5 Å². The lowest BCUT2D eigenvalue weighted by Crippen LogP contribution is -2.21. The Hall–Kier alpha value is -5.14. The molecule has 0 spiro atoms. The van der Waals surface area contributed by atoms with Crippen molar-refractivity contribution in [3.05, 3.63) is 76.9 Å². The minimum atomic E-state index is -0.835. The van der Waals surface area contributed by atoms with Gasteiger partial charge in [0.2, 0.25) is 11.8 Å². The van der Waals surface area contributed by atoms with Gasteiger partial charge in [0.15, 0.2) is 0 Å². The predicted octanol–water partition coefficient (Wildman–Crippen LogP) is 1.95. The van der Waals surface area contributed by atoms with Crippen LogP contribution in [0, 0.1) is 40.5 Å². The third kappa shape index (κ3) is 10.4. The van der Waals surface area contributed by atoms with Crippen molar-refractivity contribution in [2.75, 3.05) is 50.3 Å². The van der Waals surface area contributed by atoms with Crippen LogP contribution in [-0.4, -0.2) is 71.1 Å². The summed E-state index contributed by atoms with van der Waals surface area (Å²) in [5, 5.41) is 48.1. The Morgan fingerprint density at radius 1 is 0.538 bits per heavy atom. The van der Waals surface area contributed by atoms with Gasteiger partial charge in [0.25, 0.3) is 22.7 Å². The van der Waals surface area contributed by atoms with E-state index in [1.54, 1.807) is 0 Å². The van der Waals surface area contributed by atoms with Crippen molar-refractivity contribution in [1.82, 2.24) is 0 Å². The van der Waals surface area contributed by atoms with Crippen LogP contribution in [0.2, 0.25) is 0 Å². The van der Waals surface area contributed by atoms with E-state index in [4.69, 9.17) is 14.2 Å². The molecule has 0 bridgehead atoms. The number of nitro benzene ring substituents is 4. The Kier molecular flexibility index (Phi) is 11.2. The zero-order valence-electron chi connectivity index (χ0n) is 19.8. The zero-order valence-corrected chi connectivity index (χ0v) is 19.8. The molecule has 0 aliphatic heterocycles. The van der Waals surface area contributed by atoms with Gasteiger partial charge in [0.05, 0.1) is 69.6 Å². The smallest absolute Gasteiger partial charge is 0.278 e. The Morgan fingerprint density at radius 2 is 0.821 bits per heavy atom. The minimum Gasteiger partial charge on any atom is -0.377 e. The number of rotatable bonds is 16. The molecule has 0 unspecified atom stereocenters. The van der Waals surface area contributed by atoms with E-state index in [0.717, 1.165) is 36.4 Å². The van der Waals surface area contributed by atoms with Crippen LogP contribution in [0.15, 0.2) is 36.4 Å². The number of hydrogen-bond donors (Lipinski definition) is 2. The third-order valence-electron chi connectivity index (χ3n) is 4.43. The second-order valence-corrected chi connectivity index (χ2v) is 7.32. The number of anilines is 2. The van der Waals surface area contributed by atoms with Crippen LogP contribution in [0.4, 0.5) is 34.1 Å². The van der Waals surface area contributed by atoms with E-state index in [-0.39, 0.29) is 37.8 Å². The van der Waals surface area contributed by atoms with Crippen LogP contribution in [0.1, 0.15) is 0 Å². The summed E-state index contributed by atoms with van der Waals surface area (Å²) in [6.07, 6.45) is 0. The maximum absolute atomic E-state index is 11.9. The molecule has 0 heterocycles. The van der Waals surface area contributed by atoms with Gasteiger partial charge in [-0.15, -0.1) is 0 Å². The molecule has 2 N–H and O–H groups in total. The van der Waals surface area contributed by atoms with Crippen molar-refractivity contribution in [3.8, 4) is 0 Å². The standard InChI is InChI=1S/C20H20N6O13/c27-19(21-13-5-15(23(29)30)9-16(6-13)24(31)32)11-38-3-1-37-2-4-39-12-20(28)22-14-7-17(25(33)34)10-18(8-14)26(35)36/h5-10H,1-4,11-12H2,(H,21,27)(H,22,28). The molecule has 0 aromatic heterocycles. The molecule has 208 valence electrons. The van der Waals surface area contributed by atoms with Gasteiger partial charge in [-0.2, -0.15) is 0 Å². The second kappa shape index (κ2) is 14.6. The van der Waals surface area contributed by atoms with Crippen LogP contribution in [0.3, 0.4) is 0 Å². The Balaban J connectivity index is 1.62. The molecule has 0 radical (unpaired) electrons. The number of nitrogens with one attached hydrogen (secondary N) is 2. The SMILES string of the molecule is O=C(COCCOCCOCC(=O)Nc1cc([N+](=O)[O-])cc([N+](=O)[O-])c1)Nc1cc([N+](=O)[O-])cc([N+](=O)[O-])c1. The number of ether oxygens (including phenoxy) is 3. The number of hydrogen-bond acceptors (Lipinski definition) is 13. The Labute approximate surface area is 217 Å². The summed E-state index contributed by atoms with van der Waals surface area (Å²) in [5.74, 6) is -1.43. The average molecular weight is 552 g/mol. The first-order chi connectivity index (χ1) is 18.5. The Morgan fingerprint density at radius 3 is 1.10 bits per heavy atom. The molecule has 0 saturated carbocycles. The summed E-state index contributed by atoms with van der Waals surface area (Å²) in [6.45, 7) is -0.938. The van der Waals surface area contributed by atoms with E-state index in [0.29, 0.717) is 0 Å². The molecule has 2 rings (SSSR count). The van der Waals surface area contributed by atoms with E-state index in [2.05, 4.69) is 10.6 Å². The highest BCUT2D eigenvalue weighted by Gasteiger charge is 2.18. The topological polar surface area (TPSA) is 258 Å². The number of carbonyl (C=O) groups is 2. The summed E-state index contributed by atoms with van der Waals surface area (Å²) >= 11 is 0. The normalized spacial score (nSPS) is 10.5. The summed E-state index contributed by atoms with van der Waals surface area (Å²) in [6, 6.07) is 5.35. The quantitative estimate of drug-likeness (QED) is 0.171. The van der Waals surface area contributed by atoms with E-state index >= 15 is 0 Å². The van der Waals surface area contributed by atoms with Crippen LogP contribution in [0.25, 0.3) is 0 Å². The van der Waals surface area contributed by atoms with Gasteiger partial charge in [-0.25, -0.2) is 0 Å². The molecule has 0 aliphatic carbocycles. The van der Waals surface area contributed by atoms with E-state index in [9.17, 15) is 50.0 Å². The molecule has 2 amide bonds. The molecule has 39 heavy (non-hydrogen) atoms. The highest BCUT2D eigenvalue weighted by atomic mass is 16.6. The number of carbonyl (C=O) groups excluding carboxylic acids is 2. The number of nitro groups is 4. The maximum atomic E-state index is 11.9. The zero-order chi connectivity index (χ0) is 28.9. The molecule has 19 nitrogen and oxygen atoms in total. The van der Waals surface area contributed by atoms with Gasteiger partial charge in [0, 0.05) is 24.3 Å². The van der Waals surface area contributed by atoms with Crippen LogP contribution >= 0.6 is 0 Å². The molecular formula is C20H20N6O13. The third-order valence-corrected chi connectivity index (χ3v) is 4.43. The van der Waals surface area contributed by atoms with Gasteiger partial charge in [-0.05, 0) is 0 Å². The lowest BCUT2D eigenvalue weighted by atomic mass is 10.2. The first kappa shape index (κ1) is 30.1. The van der Waals surface area contributed by atoms with Crippen molar-refractivity contribution in [1.29, 1.82) is 0 Å². The number of amides is 2. The molecule has 0 aliphatic rings. The molecule has 0 atom stereocenters. The van der Waals surface area contributed by atoms with Crippen molar-refractivity contribution < 1.29 is 43.5 Å². The van der Waals surface area contributed by atoms with Gasteiger partial charge >= 0.3 is 0 Å². The van der Waals surface area contributed by atoms with E-state index in [1.807, 2.05) is 0 Å². The number of non-ortho nitro benzene ring substituents is 4. The van der Waals surface area contributed by atoms with Gasteiger partial charge in [0.1, 0.15) is 13.2 Å². The summed E-state index contributed by atoms with van der Waals surface area (Å²) in [7, 11) is 0. The molecular weight excluding hydrogens is 532 g/mol. The highest BCUT2D eigenvalue weighted by Crippen LogP contribution is 2.26. The first-order valence-electron chi connectivity index (χ1n) is 10.7. The highest BCUT2D eigenvalue weighted by molar-refractivity contribution is 5.93. The number of nitrogens with zero attached hydrogens (tertiary/aromatic N) is 4. The summed E-state index contributed by atoms with van der Waals surface area (Å²) in [5.41, 5.74) is -2.57. The van der Waals surface area contributed by atoms with Gasteiger partial charge < -0.3 is 24.8 Å². The van der Waals surface area contributed by atoms with Crippen molar-refractivity contribution in [2.45, 2.75) is 0 Å². The monoisotopic (exact) mass is 552 g/mol. The molecule has 0 fully saturated rings. The van der Waals surface area contributed by atoms with Crippen molar-refractivity contribution in [2.24, 2.45) is 0 Å². The molecule has 2 aromatic rings. The van der Waals surface area contributed by atoms with Crippen LogP contribution < -0.4 is 10.6 Å². The summed E-state index contributed by atoms with van der Waals surface area (Å²) in [4.78, 5) is 64.0. The second-order valence-electron chi connectivity index (χ2n) is 7.32. The lowest BCUT2D eigenvalue weighted by molar-refractivity contribution is -0.394. The van der Waals surface area contributed by atoms with Crippen molar-refractivity contribution in [3.63, 3.8) is 0 Å². The Bertz CT molecular complexity index is 1110. The fourth-order valence-electron chi connectivity index (χ4n) is 2.82. The summed E-state index contributed by atoms with van der Waals surface area (Å²) < 4.78 is 15.4. The molecule has 0 saturated heterocycles. The van der Waals surface area contributed by atoms with Gasteiger partial charge in [-0.1, -0.05) is 0 Å². The van der Waals surface area contributed by atoms with Gasteiger partial charge in [-0.3, -0.25) is 50.0 Å². The lowest BCUT2D eigenvalue weighted by Gasteiger charge is -2.08. The maximum Gasteiger partial charge on any atom is 0.278 e. The molecule has 2 aromatic carbocycles. The minimum absolute atomic E-state index is 0.0302. The predicted molar refractivity (Wildman–Crippen MR) is 129 cm³/mol. The largest absolute Gasteiger partial charge is 0.377 e. The van der Waals surface area contributed by atoms with Crippen molar-refractivity contribution >= 4 is 45.9 Å². The van der Waals surface area contributed by atoms with E-state index in [1.165, 1.54) is 0 Å². The average Bonchev–Trinajstić information content (AvgIpc) is 2.87. The number of benzene rings is 2. The first-order valence-corrected chi connectivity index (χ1v) is 10.7. The van der Waals surface area contributed by atoms with Crippen LogP contribution in [0.5, 0.6) is 0 Å². The fraction of sp³-hybridized carbons (Fsp3) is 0.300. The fourth-order valence-corrected chi connectivity index (χ4v) is 2.82. The van der Waals surface area contributed by atoms with Crippen LogP contribution in [-0.2, 0) is 23.8 Å². The molecule has 19 heteroatoms.